The van der Waals surface area contributed by atoms with Crippen molar-refractivity contribution < 1.29 is 23.8 Å². The molecule has 158 valence electrons. The molecule has 4 N–H and O–H groups in total. The summed E-state index contributed by atoms with van der Waals surface area (Å²) < 4.78 is 13.3. The molecule has 1 atom stereocenters. The third-order valence-electron chi connectivity index (χ3n) is 5.85. The van der Waals surface area contributed by atoms with Crippen molar-refractivity contribution in [3.8, 4) is 0 Å². The summed E-state index contributed by atoms with van der Waals surface area (Å²) in [6.07, 6.45) is 2.14. The predicted molar refractivity (Wildman–Crippen MR) is 112 cm³/mol. The van der Waals surface area contributed by atoms with Crippen LogP contribution in [-0.2, 0) is 9.59 Å². The van der Waals surface area contributed by atoms with Gasteiger partial charge in [0, 0.05) is 17.3 Å². The Labute approximate surface area is 176 Å². The Morgan fingerprint density at radius 1 is 1.00 bits per heavy atom. The first-order valence-corrected chi connectivity index (χ1v) is 10.7. The first kappa shape index (κ1) is 20.5. The molecule has 2 aliphatic rings. The van der Waals surface area contributed by atoms with Gasteiger partial charge in [-0.15, -0.1) is 0 Å². The molecule has 0 unspecified atom stereocenters. The van der Waals surface area contributed by atoms with Gasteiger partial charge in [-0.2, -0.15) is 0 Å². The number of anilines is 1. The summed E-state index contributed by atoms with van der Waals surface area (Å²) in [5, 5.41) is 5.93. The zero-order chi connectivity index (χ0) is 20.9. The minimum Gasteiger partial charge on any atom is -0.348 e. The summed E-state index contributed by atoms with van der Waals surface area (Å²) in [6.45, 7) is 3.60. The minimum atomic E-state index is -0.367. The van der Waals surface area contributed by atoms with Crippen LogP contribution in [0.3, 0.4) is 0 Å². The molecule has 2 aromatic rings. The number of benzene rings is 2. The van der Waals surface area contributed by atoms with Gasteiger partial charge in [0.15, 0.2) is 12.6 Å². The highest BCUT2D eigenvalue weighted by atomic mass is 19.1. The smallest absolute Gasteiger partial charge is 0.283 e. The van der Waals surface area contributed by atoms with Crippen LogP contribution in [0.25, 0.3) is 0 Å². The lowest BCUT2D eigenvalue weighted by Gasteiger charge is -2.34. The third-order valence-corrected chi connectivity index (χ3v) is 5.85. The monoisotopic (exact) mass is 412 g/mol. The maximum atomic E-state index is 13.3. The van der Waals surface area contributed by atoms with E-state index in [0.717, 1.165) is 44.6 Å². The zero-order valence-corrected chi connectivity index (χ0v) is 17.0. The highest BCUT2D eigenvalue weighted by molar-refractivity contribution is 5.91. The van der Waals surface area contributed by atoms with E-state index < -0.39 is 0 Å². The molecular formula is C23H29FN4O2+2. The number of amides is 2. The number of hydrogen-bond acceptors (Lipinski definition) is 2. The topological polar surface area (TPSA) is 67.1 Å². The standard InChI is InChI=1S/C23H27FN4O2/c24-18-7-4-8-20(15-18)25-21(29)16-27-11-13-28(14-12-27)22(17-5-2-1-3-6-17)23(30)26-19-9-10-19/h1-8,15,19,22H,9-14,16H2,(H,25,29)(H,26,30)/p+2/t22-/m1/s1. The SMILES string of the molecule is O=C(C[NH+]1CC[NH+]([C@@H](C(=O)NC2CC2)c2ccccc2)CC1)Nc1cccc(F)c1. The molecule has 2 fully saturated rings. The molecule has 0 aromatic heterocycles. The highest BCUT2D eigenvalue weighted by Crippen LogP contribution is 2.20. The number of nitrogens with one attached hydrogen (secondary N) is 4. The first-order valence-electron chi connectivity index (χ1n) is 10.7. The van der Waals surface area contributed by atoms with Crippen LogP contribution >= 0.6 is 0 Å². The van der Waals surface area contributed by atoms with E-state index in [1.165, 1.54) is 21.9 Å². The fraction of sp³-hybridized carbons (Fsp3) is 0.391. The lowest BCUT2D eigenvalue weighted by atomic mass is 10.0. The third kappa shape index (κ3) is 5.43. The van der Waals surface area contributed by atoms with Crippen molar-refractivity contribution in [3.05, 3.63) is 66.0 Å². The molecule has 1 aliphatic carbocycles. The van der Waals surface area contributed by atoms with Crippen LogP contribution in [0.2, 0.25) is 0 Å². The van der Waals surface area contributed by atoms with Crippen molar-refractivity contribution in [2.75, 3.05) is 38.0 Å². The number of quaternary nitrogens is 2. The van der Waals surface area contributed by atoms with E-state index in [1.54, 1.807) is 12.1 Å². The fourth-order valence-electron chi connectivity index (χ4n) is 4.12. The Bertz CT molecular complexity index is 880. The van der Waals surface area contributed by atoms with E-state index in [2.05, 4.69) is 10.6 Å². The lowest BCUT2D eigenvalue weighted by molar-refractivity contribution is -1.02. The molecule has 2 aromatic carbocycles. The average molecular weight is 413 g/mol. The van der Waals surface area contributed by atoms with Gasteiger partial charge in [0.2, 0.25) is 0 Å². The second-order valence-corrected chi connectivity index (χ2v) is 8.27. The lowest BCUT2D eigenvalue weighted by Crippen LogP contribution is -3.28. The van der Waals surface area contributed by atoms with Crippen molar-refractivity contribution in [1.29, 1.82) is 0 Å². The van der Waals surface area contributed by atoms with E-state index in [9.17, 15) is 14.0 Å². The summed E-state index contributed by atoms with van der Waals surface area (Å²) in [5.74, 6) is -0.384. The maximum absolute atomic E-state index is 13.3. The molecule has 1 aliphatic heterocycles. The van der Waals surface area contributed by atoms with Crippen LogP contribution < -0.4 is 20.4 Å². The van der Waals surface area contributed by atoms with Crippen LogP contribution in [0.15, 0.2) is 54.6 Å². The van der Waals surface area contributed by atoms with E-state index >= 15 is 0 Å². The van der Waals surface area contributed by atoms with Gasteiger partial charge in [-0.3, -0.25) is 9.59 Å². The Morgan fingerprint density at radius 3 is 2.40 bits per heavy atom. The molecule has 0 radical (unpaired) electrons. The van der Waals surface area contributed by atoms with Crippen LogP contribution in [0, 0.1) is 5.82 Å². The van der Waals surface area contributed by atoms with E-state index in [1.807, 2.05) is 30.3 Å². The molecule has 6 nitrogen and oxygen atoms in total. The summed E-state index contributed by atoms with van der Waals surface area (Å²) in [5.41, 5.74) is 1.52. The number of hydrogen-bond donors (Lipinski definition) is 4. The Balaban J connectivity index is 1.33. The van der Waals surface area contributed by atoms with Crippen molar-refractivity contribution in [1.82, 2.24) is 5.32 Å². The quantitative estimate of drug-likeness (QED) is 0.499. The zero-order valence-electron chi connectivity index (χ0n) is 17.0. The molecule has 2 amide bonds. The molecule has 1 saturated carbocycles. The maximum Gasteiger partial charge on any atom is 0.283 e. The van der Waals surface area contributed by atoms with Gasteiger partial charge in [-0.1, -0.05) is 36.4 Å². The van der Waals surface area contributed by atoms with Crippen LogP contribution in [0.1, 0.15) is 24.4 Å². The summed E-state index contributed by atoms with van der Waals surface area (Å²) >= 11 is 0. The Hall–Kier alpha value is -2.77. The average Bonchev–Trinajstić information content (AvgIpc) is 3.54. The molecule has 1 saturated heterocycles. The van der Waals surface area contributed by atoms with Gasteiger partial charge in [-0.25, -0.2) is 4.39 Å². The van der Waals surface area contributed by atoms with Gasteiger partial charge in [0.05, 0.1) is 0 Å². The van der Waals surface area contributed by atoms with Crippen LogP contribution in [0.4, 0.5) is 10.1 Å². The van der Waals surface area contributed by atoms with Crippen molar-refractivity contribution in [2.45, 2.75) is 24.9 Å². The largest absolute Gasteiger partial charge is 0.348 e. The van der Waals surface area contributed by atoms with E-state index in [-0.39, 0.29) is 23.7 Å². The molecule has 1 heterocycles. The molecule has 0 spiro atoms. The van der Waals surface area contributed by atoms with Gasteiger partial charge >= 0.3 is 0 Å². The highest BCUT2D eigenvalue weighted by Gasteiger charge is 2.38. The number of carbonyl (C=O) groups is 2. The Morgan fingerprint density at radius 2 is 1.73 bits per heavy atom. The molecular weight excluding hydrogens is 383 g/mol. The van der Waals surface area contributed by atoms with Crippen molar-refractivity contribution in [2.24, 2.45) is 0 Å². The number of rotatable bonds is 7. The van der Waals surface area contributed by atoms with Crippen molar-refractivity contribution >= 4 is 17.5 Å². The molecule has 30 heavy (non-hydrogen) atoms. The molecule has 7 heteroatoms. The molecule has 4 rings (SSSR count). The molecule has 0 bridgehead atoms. The normalized spacial score (nSPS) is 22.2. The van der Waals surface area contributed by atoms with E-state index in [4.69, 9.17) is 0 Å². The van der Waals surface area contributed by atoms with Gasteiger partial charge in [0.25, 0.3) is 11.8 Å². The van der Waals surface area contributed by atoms with Crippen molar-refractivity contribution in [3.63, 3.8) is 0 Å². The van der Waals surface area contributed by atoms with E-state index in [0.29, 0.717) is 18.3 Å². The number of carbonyl (C=O) groups excluding carboxylic acids is 2. The predicted octanol–water partition coefficient (Wildman–Crippen LogP) is -0.432. The van der Waals surface area contributed by atoms with Gasteiger partial charge in [-0.05, 0) is 31.0 Å². The summed E-state index contributed by atoms with van der Waals surface area (Å²) in [4.78, 5) is 27.7. The summed E-state index contributed by atoms with van der Waals surface area (Å²) in [6, 6.07) is 16.0. The second-order valence-electron chi connectivity index (χ2n) is 8.27. The fourth-order valence-corrected chi connectivity index (χ4v) is 4.12. The second kappa shape index (κ2) is 9.36. The van der Waals surface area contributed by atoms with Crippen LogP contribution in [0.5, 0.6) is 0 Å². The van der Waals surface area contributed by atoms with Gasteiger partial charge < -0.3 is 20.4 Å². The van der Waals surface area contributed by atoms with Gasteiger partial charge in [0.1, 0.15) is 32.0 Å². The number of halogens is 1. The van der Waals surface area contributed by atoms with Crippen LogP contribution in [-0.4, -0.2) is 50.6 Å². The summed E-state index contributed by atoms with van der Waals surface area (Å²) in [7, 11) is 0. The minimum absolute atomic E-state index is 0.103. The first-order chi connectivity index (χ1) is 14.6. The number of piperazine rings is 1. The Kier molecular flexibility index (Phi) is 6.40.